The van der Waals surface area contributed by atoms with Gasteiger partial charge in [-0.1, -0.05) is 19.1 Å². The first-order valence-electron chi connectivity index (χ1n) is 12.6. The lowest BCUT2D eigenvalue weighted by Crippen LogP contribution is -2.48. The van der Waals surface area contributed by atoms with Crippen LogP contribution in [0.15, 0.2) is 64.9 Å². The summed E-state index contributed by atoms with van der Waals surface area (Å²) in [6, 6.07) is 17.1. The molecule has 1 atom stereocenters. The lowest BCUT2D eigenvalue weighted by molar-refractivity contribution is -0.132. The number of rotatable bonds is 13. The molecule has 1 unspecified atom stereocenters. The van der Waals surface area contributed by atoms with E-state index in [9.17, 15) is 9.59 Å². The van der Waals surface area contributed by atoms with E-state index in [1.807, 2.05) is 85.0 Å². The highest BCUT2D eigenvalue weighted by molar-refractivity contribution is 7.98. The fourth-order valence-electron chi connectivity index (χ4n) is 3.95. The van der Waals surface area contributed by atoms with Crippen LogP contribution >= 0.6 is 23.1 Å². The highest BCUT2D eigenvalue weighted by Crippen LogP contribution is 2.28. The van der Waals surface area contributed by atoms with Crippen LogP contribution in [-0.2, 0) is 17.8 Å². The summed E-state index contributed by atoms with van der Waals surface area (Å²) in [5.74, 6) is 1.24. The van der Waals surface area contributed by atoms with Gasteiger partial charge in [-0.25, -0.2) is 4.79 Å². The maximum absolute atomic E-state index is 13.6. The molecule has 38 heavy (non-hydrogen) atoms. The van der Waals surface area contributed by atoms with Crippen LogP contribution in [0.4, 0.5) is 10.5 Å². The third-order valence-electron chi connectivity index (χ3n) is 6.43. The smallest absolute Gasteiger partial charge is 0.322 e. The summed E-state index contributed by atoms with van der Waals surface area (Å²) in [4.78, 5) is 32.6. The summed E-state index contributed by atoms with van der Waals surface area (Å²) in [5, 5.41) is 4.97. The Balaban J connectivity index is 1.74. The number of hydrogen-bond acceptors (Lipinski definition) is 6. The number of hydrogen-bond donors (Lipinski definition) is 1. The van der Waals surface area contributed by atoms with E-state index in [4.69, 9.17) is 9.47 Å². The summed E-state index contributed by atoms with van der Waals surface area (Å²) in [5.41, 5.74) is 1.74. The number of urea groups is 1. The fraction of sp³-hybridized carbons (Fsp3) is 0.379. The van der Waals surface area contributed by atoms with E-state index in [1.54, 1.807) is 42.2 Å². The average molecular weight is 556 g/mol. The Morgan fingerprint density at radius 2 is 1.79 bits per heavy atom. The molecule has 1 heterocycles. The average Bonchev–Trinajstić information content (AvgIpc) is 3.46. The highest BCUT2D eigenvalue weighted by Gasteiger charge is 2.25. The van der Waals surface area contributed by atoms with Crippen molar-refractivity contribution in [1.29, 1.82) is 0 Å². The Hall–Kier alpha value is -3.17. The number of ether oxygens (including phenoxy) is 2. The Kier molecular flexibility index (Phi) is 11.4. The van der Waals surface area contributed by atoms with Gasteiger partial charge >= 0.3 is 6.03 Å². The molecule has 7 nitrogen and oxygen atoms in total. The second-order valence-electron chi connectivity index (χ2n) is 8.88. The van der Waals surface area contributed by atoms with Crippen molar-refractivity contribution in [2.24, 2.45) is 0 Å². The van der Waals surface area contributed by atoms with E-state index < -0.39 is 0 Å². The molecule has 0 bridgehead atoms. The molecule has 0 fully saturated rings. The largest absolute Gasteiger partial charge is 0.493 e. The second-order valence-corrected chi connectivity index (χ2v) is 10.8. The molecule has 0 aliphatic rings. The van der Waals surface area contributed by atoms with E-state index in [0.29, 0.717) is 36.7 Å². The lowest BCUT2D eigenvalue weighted by Gasteiger charge is -2.31. The maximum Gasteiger partial charge on any atom is 0.322 e. The van der Waals surface area contributed by atoms with Crippen molar-refractivity contribution < 1.29 is 19.1 Å². The SMILES string of the molecule is CCC(C)N(CC(=O)N(CCc1ccc(OC)c(OC)c1)Cc1cccs1)C(=O)Nc1ccc(SC)cc1. The Labute approximate surface area is 234 Å². The number of carbonyl (C=O) groups excluding carboxylic acids is 2. The molecule has 1 N–H and O–H groups in total. The van der Waals surface area contributed by atoms with Gasteiger partial charge in [0.1, 0.15) is 6.54 Å². The van der Waals surface area contributed by atoms with E-state index >= 15 is 0 Å². The summed E-state index contributed by atoms with van der Waals surface area (Å²) in [6.07, 6.45) is 3.40. The minimum Gasteiger partial charge on any atom is -0.493 e. The summed E-state index contributed by atoms with van der Waals surface area (Å²) < 4.78 is 10.8. The zero-order valence-electron chi connectivity index (χ0n) is 22.7. The zero-order valence-corrected chi connectivity index (χ0v) is 24.4. The normalized spacial score (nSPS) is 11.5. The molecule has 0 aliphatic carbocycles. The number of carbonyl (C=O) groups is 2. The van der Waals surface area contributed by atoms with Crippen LogP contribution in [0.25, 0.3) is 0 Å². The first kappa shape index (κ1) is 29.4. The maximum atomic E-state index is 13.6. The molecule has 0 saturated carbocycles. The van der Waals surface area contributed by atoms with Gasteiger partial charge in [-0.2, -0.15) is 0 Å². The molecule has 204 valence electrons. The van der Waals surface area contributed by atoms with Gasteiger partial charge < -0.3 is 24.6 Å². The lowest BCUT2D eigenvalue weighted by atomic mass is 10.1. The van der Waals surface area contributed by atoms with Crippen LogP contribution in [-0.4, -0.2) is 61.3 Å². The van der Waals surface area contributed by atoms with Gasteiger partial charge in [0.25, 0.3) is 0 Å². The van der Waals surface area contributed by atoms with Crippen LogP contribution < -0.4 is 14.8 Å². The molecule has 9 heteroatoms. The monoisotopic (exact) mass is 555 g/mol. The Morgan fingerprint density at radius 1 is 1.05 bits per heavy atom. The van der Waals surface area contributed by atoms with E-state index in [-0.39, 0.29) is 24.5 Å². The number of amides is 3. The zero-order chi connectivity index (χ0) is 27.5. The Morgan fingerprint density at radius 3 is 2.39 bits per heavy atom. The molecule has 3 aromatic rings. The summed E-state index contributed by atoms with van der Waals surface area (Å²) in [6.45, 7) is 5.00. The highest BCUT2D eigenvalue weighted by atomic mass is 32.2. The second kappa shape index (κ2) is 14.7. The topological polar surface area (TPSA) is 71.1 Å². The first-order valence-corrected chi connectivity index (χ1v) is 14.7. The van der Waals surface area contributed by atoms with Gasteiger partial charge in [0.05, 0.1) is 20.8 Å². The summed E-state index contributed by atoms with van der Waals surface area (Å²) in [7, 11) is 3.22. The van der Waals surface area contributed by atoms with Gasteiger partial charge in [0.2, 0.25) is 5.91 Å². The molecular formula is C29H37N3O4S2. The fourth-order valence-corrected chi connectivity index (χ4v) is 5.07. The number of thiophene rings is 1. The predicted molar refractivity (Wildman–Crippen MR) is 157 cm³/mol. The molecule has 3 rings (SSSR count). The number of thioether (sulfide) groups is 1. The van der Waals surface area contributed by atoms with Crippen LogP contribution in [0.5, 0.6) is 11.5 Å². The molecule has 0 saturated heterocycles. The van der Waals surface area contributed by atoms with Crippen LogP contribution in [0.3, 0.4) is 0 Å². The van der Waals surface area contributed by atoms with Gasteiger partial charge in [0, 0.05) is 28.0 Å². The number of benzene rings is 2. The number of methoxy groups -OCH3 is 2. The number of nitrogens with one attached hydrogen (secondary N) is 1. The van der Waals surface area contributed by atoms with Crippen molar-refractivity contribution in [1.82, 2.24) is 9.80 Å². The predicted octanol–water partition coefficient (Wildman–Crippen LogP) is 6.39. The molecule has 0 aliphatic heterocycles. The van der Waals surface area contributed by atoms with Crippen molar-refractivity contribution in [3.8, 4) is 11.5 Å². The third kappa shape index (κ3) is 8.16. The van der Waals surface area contributed by atoms with Crippen molar-refractivity contribution in [2.45, 2.75) is 44.2 Å². The Bertz CT molecular complexity index is 1170. The van der Waals surface area contributed by atoms with E-state index in [2.05, 4.69) is 5.32 Å². The minimum absolute atomic E-state index is 0.00104. The summed E-state index contributed by atoms with van der Waals surface area (Å²) >= 11 is 3.26. The van der Waals surface area contributed by atoms with Gasteiger partial charge in [0.15, 0.2) is 11.5 Å². The molecule has 0 radical (unpaired) electrons. The molecule has 0 spiro atoms. The first-order chi connectivity index (χ1) is 18.4. The minimum atomic E-state index is -0.277. The molecule has 3 amide bonds. The van der Waals surface area contributed by atoms with Gasteiger partial charge in [-0.05, 0) is 79.4 Å². The quantitative estimate of drug-likeness (QED) is 0.248. The third-order valence-corrected chi connectivity index (χ3v) is 8.03. The molecular weight excluding hydrogens is 518 g/mol. The van der Waals surface area contributed by atoms with Crippen molar-refractivity contribution in [2.75, 3.05) is 38.9 Å². The number of anilines is 1. The van der Waals surface area contributed by atoms with Crippen LogP contribution in [0, 0.1) is 0 Å². The van der Waals surface area contributed by atoms with Crippen molar-refractivity contribution in [3.05, 3.63) is 70.4 Å². The van der Waals surface area contributed by atoms with Gasteiger partial charge in [-0.15, -0.1) is 23.1 Å². The van der Waals surface area contributed by atoms with Crippen LogP contribution in [0.2, 0.25) is 0 Å². The number of nitrogens with zero attached hydrogens (tertiary/aromatic N) is 2. The van der Waals surface area contributed by atoms with Crippen molar-refractivity contribution in [3.63, 3.8) is 0 Å². The van der Waals surface area contributed by atoms with E-state index in [1.165, 1.54) is 0 Å². The van der Waals surface area contributed by atoms with Crippen molar-refractivity contribution >= 4 is 40.7 Å². The molecule has 1 aromatic heterocycles. The van der Waals surface area contributed by atoms with Crippen LogP contribution in [0.1, 0.15) is 30.7 Å². The molecule has 2 aromatic carbocycles. The van der Waals surface area contributed by atoms with E-state index in [0.717, 1.165) is 21.8 Å². The van der Waals surface area contributed by atoms with Gasteiger partial charge in [-0.3, -0.25) is 4.79 Å². The standard InChI is InChI=1S/C29H37N3O4S2/c1-6-21(2)32(29(34)30-23-10-12-24(37-5)13-11-23)20-28(33)31(19-25-8-7-17-38-25)16-15-22-9-14-26(35-3)27(18-22)36-4/h7-14,17-18,21H,6,15-16,19-20H2,1-5H3,(H,30,34).